The minimum Gasteiger partial charge on any atom is -0.450 e. The van der Waals surface area contributed by atoms with E-state index in [-0.39, 0.29) is 23.1 Å². The second-order valence-electron chi connectivity index (χ2n) is 7.04. The van der Waals surface area contributed by atoms with Crippen LogP contribution in [0, 0.1) is 27.2 Å². The molecule has 33 heavy (non-hydrogen) atoms. The quantitative estimate of drug-likeness (QED) is 0.227. The van der Waals surface area contributed by atoms with Crippen molar-refractivity contribution in [1.29, 1.82) is 0 Å². The Balaban J connectivity index is 1.54. The van der Waals surface area contributed by atoms with Crippen LogP contribution in [0.15, 0.2) is 77.4 Å². The molecule has 0 N–H and O–H groups in total. The van der Waals surface area contributed by atoms with E-state index in [2.05, 4.69) is 4.99 Å². The van der Waals surface area contributed by atoms with Gasteiger partial charge in [-0.05, 0) is 48.9 Å². The van der Waals surface area contributed by atoms with Gasteiger partial charge in [0.25, 0.3) is 5.69 Å². The summed E-state index contributed by atoms with van der Waals surface area (Å²) in [4.78, 5) is 37.1. The summed E-state index contributed by atoms with van der Waals surface area (Å²) < 4.78 is 10.8. The third-order valence-corrected chi connectivity index (χ3v) is 4.68. The SMILES string of the molecule is Cc1ccc(C2=N/C(=C\c3ccc(Oc4ccc([N+](=O)[O-])cc4[N+](=O)[O-])cc3)C(=O)O2)cc1. The third-order valence-electron chi connectivity index (χ3n) is 4.68. The maximum Gasteiger partial charge on any atom is 0.363 e. The zero-order valence-corrected chi connectivity index (χ0v) is 17.1. The summed E-state index contributed by atoms with van der Waals surface area (Å²) in [6.45, 7) is 1.95. The van der Waals surface area contributed by atoms with E-state index in [1.165, 1.54) is 6.07 Å². The van der Waals surface area contributed by atoms with Crippen molar-refractivity contribution >= 4 is 29.3 Å². The molecule has 0 aromatic heterocycles. The monoisotopic (exact) mass is 445 g/mol. The molecule has 10 heteroatoms. The smallest absolute Gasteiger partial charge is 0.363 e. The van der Waals surface area contributed by atoms with Gasteiger partial charge in [-0.15, -0.1) is 0 Å². The van der Waals surface area contributed by atoms with Gasteiger partial charge < -0.3 is 9.47 Å². The van der Waals surface area contributed by atoms with Crippen LogP contribution in [-0.2, 0) is 9.53 Å². The van der Waals surface area contributed by atoms with Crippen LogP contribution >= 0.6 is 0 Å². The van der Waals surface area contributed by atoms with Crippen molar-refractivity contribution in [3.63, 3.8) is 0 Å². The van der Waals surface area contributed by atoms with E-state index in [0.717, 1.165) is 17.7 Å². The number of benzene rings is 3. The molecule has 3 aromatic carbocycles. The number of rotatable bonds is 6. The van der Waals surface area contributed by atoms with Gasteiger partial charge in [-0.1, -0.05) is 29.8 Å². The molecule has 4 rings (SSSR count). The fourth-order valence-corrected chi connectivity index (χ4v) is 2.99. The van der Waals surface area contributed by atoms with Crippen LogP contribution in [0.5, 0.6) is 11.5 Å². The molecule has 1 heterocycles. The van der Waals surface area contributed by atoms with Crippen LogP contribution in [0.25, 0.3) is 6.08 Å². The number of hydrogen-bond acceptors (Lipinski definition) is 8. The van der Waals surface area contributed by atoms with Crippen LogP contribution in [0.1, 0.15) is 16.7 Å². The molecule has 0 saturated carbocycles. The fraction of sp³-hybridized carbons (Fsp3) is 0.0435. The number of hydrogen-bond donors (Lipinski definition) is 0. The van der Waals surface area contributed by atoms with E-state index in [4.69, 9.17) is 9.47 Å². The van der Waals surface area contributed by atoms with Gasteiger partial charge in [-0.25, -0.2) is 9.79 Å². The summed E-state index contributed by atoms with van der Waals surface area (Å²) >= 11 is 0. The number of cyclic esters (lactones) is 1. The molecule has 0 aliphatic carbocycles. The van der Waals surface area contributed by atoms with Crippen LogP contribution in [0.4, 0.5) is 11.4 Å². The molecule has 0 fully saturated rings. The third kappa shape index (κ3) is 4.74. The van der Waals surface area contributed by atoms with Gasteiger partial charge in [0.05, 0.1) is 15.9 Å². The Hall–Kier alpha value is -4.86. The highest BCUT2D eigenvalue weighted by Crippen LogP contribution is 2.34. The van der Waals surface area contributed by atoms with Gasteiger partial charge in [-0.3, -0.25) is 20.2 Å². The first kappa shape index (κ1) is 21.4. The van der Waals surface area contributed by atoms with Crippen molar-refractivity contribution < 1.29 is 24.1 Å². The minimum absolute atomic E-state index is 0.130. The molecule has 1 aliphatic heterocycles. The van der Waals surface area contributed by atoms with Gasteiger partial charge in [0, 0.05) is 11.6 Å². The second kappa shape index (κ2) is 8.71. The van der Waals surface area contributed by atoms with Crippen molar-refractivity contribution in [1.82, 2.24) is 0 Å². The number of nitrogens with zero attached hydrogens (tertiary/aromatic N) is 3. The Kier molecular flexibility index (Phi) is 5.64. The zero-order valence-electron chi connectivity index (χ0n) is 17.1. The molecule has 0 amide bonds. The largest absolute Gasteiger partial charge is 0.450 e. The predicted molar refractivity (Wildman–Crippen MR) is 118 cm³/mol. The Bertz CT molecular complexity index is 1330. The van der Waals surface area contributed by atoms with Crippen molar-refractivity contribution in [2.75, 3.05) is 0 Å². The highest BCUT2D eigenvalue weighted by atomic mass is 16.6. The normalized spacial score (nSPS) is 14.0. The average Bonchev–Trinajstić information content (AvgIpc) is 3.15. The van der Waals surface area contributed by atoms with E-state index in [9.17, 15) is 25.0 Å². The standard InChI is InChI=1S/C23H15N3O7/c1-14-2-6-16(7-3-14)22-24-19(23(27)33-22)12-15-4-9-18(10-5-15)32-21-11-8-17(25(28)29)13-20(21)26(30)31/h2-13H,1H3/b19-12-. The number of non-ortho nitro benzene ring substituents is 1. The number of carbonyl (C=O) groups excluding carboxylic acids is 1. The van der Waals surface area contributed by atoms with E-state index in [0.29, 0.717) is 11.1 Å². The van der Waals surface area contributed by atoms with Crippen molar-refractivity contribution in [3.8, 4) is 11.5 Å². The summed E-state index contributed by atoms with van der Waals surface area (Å²) in [5, 5.41) is 22.1. The Morgan fingerprint density at radius 3 is 2.27 bits per heavy atom. The van der Waals surface area contributed by atoms with Crippen molar-refractivity contribution in [2.45, 2.75) is 6.92 Å². The molecule has 164 valence electrons. The molecular formula is C23H15N3O7. The first-order valence-corrected chi connectivity index (χ1v) is 9.60. The lowest BCUT2D eigenvalue weighted by atomic mass is 10.1. The zero-order chi connectivity index (χ0) is 23.5. The molecule has 3 aromatic rings. The average molecular weight is 445 g/mol. The maximum atomic E-state index is 12.2. The topological polar surface area (TPSA) is 134 Å². The lowest BCUT2D eigenvalue weighted by Gasteiger charge is -2.06. The number of carbonyl (C=O) groups is 1. The van der Waals surface area contributed by atoms with Gasteiger partial charge in [0.1, 0.15) is 5.75 Å². The second-order valence-corrected chi connectivity index (χ2v) is 7.04. The lowest BCUT2D eigenvalue weighted by Crippen LogP contribution is -2.05. The summed E-state index contributed by atoms with van der Waals surface area (Å²) in [6.07, 6.45) is 1.54. The van der Waals surface area contributed by atoms with Crippen LogP contribution in [0.3, 0.4) is 0 Å². The Labute approximate surface area is 186 Å². The number of aryl methyl sites for hydroxylation is 1. The summed E-state index contributed by atoms with van der Waals surface area (Å²) in [5.41, 5.74) is 1.57. The van der Waals surface area contributed by atoms with E-state index in [1.807, 2.05) is 31.2 Å². The lowest BCUT2D eigenvalue weighted by molar-refractivity contribution is -0.394. The highest BCUT2D eigenvalue weighted by molar-refractivity contribution is 6.12. The Morgan fingerprint density at radius 1 is 0.939 bits per heavy atom. The first-order valence-electron chi connectivity index (χ1n) is 9.60. The number of nitro groups is 2. The first-order chi connectivity index (χ1) is 15.8. The van der Waals surface area contributed by atoms with Gasteiger partial charge in [0.15, 0.2) is 5.70 Å². The molecular weight excluding hydrogens is 430 g/mol. The van der Waals surface area contributed by atoms with Gasteiger partial charge >= 0.3 is 11.7 Å². The Morgan fingerprint density at radius 2 is 1.64 bits per heavy atom. The highest BCUT2D eigenvalue weighted by Gasteiger charge is 2.24. The molecule has 0 saturated heterocycles. The van der Waals surface area contributed by atoms with Gasteiger partial charge in [0.2, 0.25) is 11.6 Å². The molecule has 0 atom stereocenters. The summed E-state index contributed by atoms with van der Waals surface area (Å²) in [7, 11) is 0. The molecule has 1 aliphatic rings. The number of nitro benzene ring substituents is 2. The number of aliphatic imine (C=N–C) groups is 1. The van der Waals surface area contributed by atoms with Crippen molar-refractivity contribution in [2.24, 2.45) is 4.99 Å². The minimum atomic E-state index is -0.754. The summed E-state index contributed by atoms with van der Waals surface area (Å²) in [6, 6.07) is 16.9. The predicted octanol–water partition coefficient (Wildman–Crippen LogP) is 4.95. The van der Waals surface area contributed by atoms with Crippen LogP contribution in [0.2, 0.25) is 0 Å². The van der Waals surface area contributed by atoms with Gasteiger partial charge in [-0.2, -0.15) is 0 Å². The van der Waals surface area contributed by atoms with Crippen LogP contribution < -0.4 is 4.74 Å². The maximum absolute atomic E-state index is 12.2. The molecule has 0 unspecified atom stereocenters. The van der Waals surface area contributed by atoms with E-state index >= 15 is 0 Å². The number of esters is 1. The van der Waals surface area contributed by atoms with Crippen LogP contribution in [-0.4, -0.2) is 21.7 Å². The molecule has 0 radical (unpaired) electrons. The fourth-order valence-electron chi connectivity index (χ4n) is 2.99. The molecule has 0 spiro atoms. The van der Waals surface area contributed by atoms with E-state index < -0.39 is 27.2 Å². The molecule has 10 nitrogen and oxygen atoms in total. The summed E-state index contributed by atoms with van der Waals surface area (Å²) in [5.74, 6) is -0.223. The van der Waals surface area contributed by atoms with E-state index in [1.54, 1.807) is 30.3 Å². The molecule has 0 bridgehead atoms. The van der Waals surface area contributed by atoms with Crippen molar-refractivity contribution in [3.05, 3.63) is 109 Å². The number of ether oxygens (including phenoxy) is 2.